The minimum absolute atomic E-state index is 0.368. The Morgan fingerprint density at radius 2 is 2.14 bits per heavy atom. The molecule has 1 atom stereocenters. The van der Waals surface area contributed by atoms with Crippen molar-refractivity contribution in [2.75, 3.05) is 31.2 Å². The second kappa shape index (κ2) is 6.66. The lowest BCUT2D eigenvalue weighted by atomic mass is 9.83. The van der Waals surface area contributed by atoms with Crippen molar-refractivity contribution >= 4 is 5.69 Å². The number of aliphatic hydroxyl groups excluding tert-OH is 1. The Labute approximate surface area is 124 Å². The molecule has 1 aliphatic heterocycles. The van der Waals surface area contributed by atoms with E-state index in [2.05, 4.69) is 16.0 Å². The Morgan fingerprint density at radius 3 is 2.81 bits per heavy atom. The molecule has 1 aromatic rings. The first kappa shape index (κ1) is 15.4. The molecule has 0 amide bonds. The number of nitrogens with zero attached hydrogens (tertiary/aromatic N) is 4. The summed E-state index contributed by atoms with van der Waals surface area (Å²) in [6.45, 7) is 5.91. The first-order valence-corrected chi connectivity index (χ1v) is 6.90. The molecule has 112 valence electrons. The topological polar surface area (TPSA) is 82.3 Å². The predicted octanol–water partition coefficient (Wildman–Crippen LogP) is 1.15. The van der Waals surface area contributed by atoms with Gasteiger partial charge in [0.1, 0.15) is 6.33 Å². The van der Waals surface area contributed by atoms with Gasteiger partial charge in [0.25, 0.3) is 0 Å². The second-order valence-corrected chi connectivity index (χ2v) is 5.76. The number of rotatable bonds is 1. The monoisotopic (exact) mass is 288 g/mol. The Morgan fingerprint density at radius 1 is 1.43 bits per heavy atom. The summed E-state index contributed by atoms with van der Waals surface area (Å²) in [7, 11) is 0. The number of ether oxygens (including phenoxy) is 1. The molecule has 0 radical (unpaired) electrons. The van der Waals surface area contributed by atoms with Crippen LogP contribution in [0, 0.1) is 16.7 Å². The summed E-state index contributed by atoms with van der Waals surface area (Å²) in [6, 6.07) is 2.09. The molecule has 0 saturated heterocycles. The van der Waals surface area contributed by atoms with Crippen molar-refractivity contribution < 1.29 is 9.84 Å². The van der Waals surface area contributed by atoms with Crippen LogP contribution in [0.15, 0.2) is 30.4 Å². The predicted molar refractivity (Wildman–Crippen MR) is 78.5 cm³/mol. The van der Waals surface area contributed by atoms with Crippen LogP contribution in [0.4, 0.5) is 5.69 Å². The number of anilines is 1. The van der Waals surface area contributed by atoms with Crippen molar-refractivity contribution in [1.29, 1.82) is 5.26 Å². The van der Waals surface area contributed by atoms with Crippen LogP contribution in [0.1, 0.15) is 13.8 Å². The molecule has 1 unspecified atom stereocenters. The van der Waals surface area contributed by atoms with E-state index < -0.39 is 11.5 Å². The minimum Gasteiger partial charge on any atom is -0.387 e. The normalized spacial score (nSPS) is 25.5. The molecular weight excluding hydrogens is 268 g/mol. The largest absolute Gasteiger partial charge is 0.387 e. The molecule has 0 bridgehead atoms. The second-order valence-electron chi connectivity index (χ2n) is 5.76. The van der Waals surface area contributed by atoms with Gasteiger partial charge in [0.2, 0.25) is 0 Å². The zero-order valence-corrected chi connectivity index (χ0v) is 12.4. The molecule has 0 saturated carbocycles. The Bertz CT molecular complexity index is 536. The highest BCUT2D eigenvalue weighted by Gasteiger charge is 2.31. The fourth-order valence-corrected chi connectivity index (χ4v) is 2.22. The highest BCUT2D eigenvalue weighted by atomic mass is 16.5. The summed E-state index contributed by atoms with van der Waals surface area (Å²) in [5, 5.41) is 19.6. The van der Waals surface area contributed by atoms with Crippen LogP contribution in [0.3, 0.4) is 0 Å². The molecule has 2 rings (SSSR count). The van der Waals surface area contributed by atoms with Gasteiger partial charge in [-0.2, -0.15) is 5.26 Å². The van der Waals surface area contributed by atoms with Crippen molar-refractivity contribution in [1.82, 2.24) is 9.97 Å². The average molecular weight is 288 g/mol. The van der Waals surface area contributed by atoms with Crippen LogP contribution in [0.2, 0.25) is 0 Å². The lowest BCUT2D eigenvalue weighted by Gasteiger charge is -2.32. The Kier molecular flexibility index (Phi) is 4.89. The van der Waals surface area contributed by atoms with E-state index in [1.54, 1.807) is 18.5 Å². The number of aliphatic hydroxyl groups is 1. The Balaban J connectivity index is 2.25. The summed E-state index contributed by atoms with van der Waals surface area (Å²) in [6.07, 6.45) is 5.85. The fourth-order valence-electron chi connectivity index (χ4n) is 2.22. The van der Waals surface area contributed by atoms with Gasteiger partial charge in [-0.15, -0.1) is 0 Å². The van der Waals surface area contributed by atoms with Gasteiger partial charge in [0.05, 0.1) is 49.0 Å². The SMILES string of the molecule is CC1(C)COCCN(c2cncnc2)C/C=C(/C#N)C1O. The summed E-state index contributed by atoms with van der Waals surface area (Å²) in [4.78, 5) is 10.0. The molecule has 1 aliphatic rings. The zero-order valence-electron chi connectivity index (χ0n) is 12.4. The van der Waals surface area contributed by atoms with E-state index in [0.717, 1.165) is 5.69 Å². The van der Waals surface area contributed by atoms with Crippen LogP contribution in [0.25, 0.3) is 0 Å². The third-order valence-electron chi connectivity index (χ3n) is 3.59. The molecule has 0 aromatic carbocycles. The molecule has 0 aliphatic carbocycles. The first-order valence-electron chi connectivity index (χ1n) is 6.90. The highest BCUT2D eigenvalue weighted by molar-refractivity contribution is 5.43. The van der Waals surface area contributed by atoms with E-state index in [4.69, 9.17) is 4.74 Å². The number of nitriles is 1. The third kappa shape index (κ3) is 3.78. The van der Waals surface area contributed by atoms with E-state index in [1.165, 1.54) is 6.33 Å². The molecule has 1 aromatic heterocycles. The van der Waals surface area contributed by atoms with E-state index in [9.17, 15) is 10.4 Å². The van der Waals surface area contributed by atoms with Crippen molar-refractivity contribution in [3.63, 3.8) is 0 Å². The maximum Gasteiger partial charge on any atom is 0.115 e. The van der Waals surface area contributed by atoms with E-state index in [-0.39, 0.29) is 0 Å². The minimum atomic E-state index is -0.838. The standard InChI is InChI=1S/C15H20N4O2/c1-15(2)10-21-6-5-19(13-8-17-11-18-9-13)4-3-12(7-16)14(15)20/h3,8-9,11,14,20H,4-6,10H2,1-2H3/b12-3-. The summed E-state index contributed by atoms with van der Waals surface area (Å²) in [5.41, 5.74) is 0.746. The van der Waals surface area contributed by atoms with E-state index in [0.29, 0.717) is 31.9 Å². The maximum absolute atomic E-state index is 10.4. The molecule has 1 N–H and O–H groups in total. The van der Waals surface area contributed by atoms with Crippen molar-refractivity contribution in [2.45, 2.75) is 20.0 Å². The molecule has 6 heteroatoms. The molecule has 21 heavy (non-hydrogen) atoms. The average Bonchev–Trinajstić information content (AvgIpc) is 2.49. The highest BCUT2D eigenvalue weighted by Crippen LogP contribution is 2.27. The molecular formula is C15H20N4O2. The van der Waals surface area contributed by atoms with E-state index >= 15 is 0 Å². The fraction of sp³-hybridized carbons (Fsp3) is 0.533. The number of aromatic nitrogens is 2. The Hall–Kier alpha value is -1.97. The van der Waals surface area contributed by atoms with Crippen molar-refractivity contribution in [3.05, 3.63) is 30.4 Å². The van der Waals surface area contributed by atoms with Crippen molar-refractivity contribution in [3.8, 4) is 6.07 Å². The molecule has 0 spiro atoms. The van der Waals surface area contributed by atoms with Crippen LogP contribution in [-0.2, 0) is 4.74 Å². The van der Waals surface area contributed by atoms with Crippen LogP contribution >= 0.6 is 0 Å². The van der Waals surface area contributed by atoms with E-state index in [1.807, 2.05) is 18.7 Å². The lowest BCUT2D eigenvalue weighted by Crippen LogP contribution is -2.38. The van der Waals surface area contributed by atoms with Gasteiger partial charge in [0, 0.05) is 18.5 Å². The zero-order chi connectivity index (χ0) is 15.3. The smallest absolute Gasteiger partial charge is 0.115 e. The van der Waals surface area contributed by atoms with Crippen LogP contribution in [-0.4, -0.2) is 47.5 Å². The van der Waals surface area contributed by atoms with Gasteiger partial charge in [-0.05, 0) is 6.08 Å². The van der Waals surface area contributed by atoms with Gasteiger partial charge in [-0.1, -0.05) is 13.8 Å². The molecule has 6 nitrogen and oxygen atoms in total. The molecule has 2 heterocycles. The van der Waals surface area contributed by atoms with Gasteiger partial charge < -0.3 is 14.7 Å². The van der Waals surface area contributed by atoms with Crippen LogP contribution < -0.4 is 4.90 Å². The van der Waals surface area contributed by atoms with Crippen LogP contribution in [0.5, 0.6) is 0 Å². The van der Waals surface area contributed by atoms with Crippen molar-refractivity contribution in [2.24, 2.45) is 5.41 Å². The molecule has 0 fully saturated rings. The quantitative estimate of drug-likeness (QED) is 0.834. The summed E-state index contributed by atoms with van der Waals surface area (Å²) in [5.74, 6) is 0. The number of hydrogen-bond donors (Lipinski definition) is 1. The first-order chi connectivity index (χ1) is 10.0. The lowest BCUT2D eigenvalue weighted by molar-refractivity contribution is -0.00394. The third-order valence-corrected chi connectivity index (χ3v) is 3.59. The number of hydrogen-bond acceptors (Lipinski definition) is 6. The van der Waals surface area contributed by atoms with Gasteiger partial charge in [-0.25, -0.2) is 9.97 Å². The van der Waals surface area contributed by atoms with Gasteiger partial charge in [0.15, 0.2) is 0 Å². The summed E-state index contributed by atoms with van der Waals surface area (Å²) < 4.78 is 5.66. The van der Waals surface area contributed by atoms with Gasteiger partial charge >= 0.3 is 0 Å². The summed E-state index contributed by atoms with van der Waals surface area (Å²) >= 11 is 0. The maximum atomic E-state index is 10.4. The van der Waals surface area contributed by atoms with Gasteiger partial charge in [-0.3, -0.25) is 0 Å².